The van der Waals surface area contributed by atoms with E-state index in [0.29, 0.717) is 16.8 Å². The van der Waals surface area contributed by atoms with Gasteiger partial charge in [0.2, 0.25) is 10.0 Å². The molecule has 0 saturated carbocycles. The lowest BCUT2D eigenvalue weighted by Crippen LogP contribution is -2.27. The summed E-state index contributed by atoms with van der Waals surface area (Å²) in [7, 11) is -3.48. The number of benzene rings is 2. The molecule has 0 amide bonds. The fourth-order valence-corrected chi connectivity index (χ4v) is 5.25. The fourth-order valence-electron chi connectivity index (χ4n) is 2.82. The van der Waals surface area contributed by atoms with Gasteiger partial charge in [-0.05, 0) is 48.2 Å². The number of hydrogen-bond donors (Lipinski definition) is 1. The van der Waals surface area contributed by atoms with Crippen LogP contribution in [0.25, 0.3) is 11.1 Å². The molecule has 0 unspecified atom stereocenters. The highest BCUT2D eigenvalue weighted by Gasteiger charge is 2.16. The zero-order valence-electron chi connectivity index (χ0n) is 14.4. The van der Waals surface area contributed by atoms with Crippen molar-refractivity contribution >= 4 is 33.4 Å². The zero-order valence-corrected chi connectivity index (χ0v) is 16.7. The molecule has 4 nitrogen and oxygen atoms in total. The van der Waals surface area contributed by atoms with Crippen molar-refractivity contribution in [1.29, 1.82) is 0 Å². The molecule has 0 bridgehead atoms. The summed E-state index contributed by atoms with van der Waals surface area (Å²) in [5.74, 6) is 0.768. The van der Waals surface area contributed by atoms with Crippen LogP contribution in [0.4, 0.5) is 0 Å². The highest BCUT2D eigenvalue weighted by atomic mass is 35.5. The maximum absolute atomic E-state index is 12.4. The SMILES string of the molecule is O=S(=O)(NCCSC1CCOCC1)c1ccc(-c2cccc(Cl)c2)cc1. The van der Waals surface area contributed by atoms with Crippen LogP contribution in [-0.2, 0) is 14.8 Å². The topological polar surface area (TPSA) is 55.4 Å². The number of hydrogen-bond acceptors (Lipinski definition) is 4. The van der Waals surface area contributed by atoms with Crippen LogP contribution in [0.1, 0.15) is 12.8 Å². The molecular formula is C19H22ClNO3S2. The van der Waals surface area contributed by atoms with Crippen molar-refractivity contribution < 1.29 is 13.2 Å². The lowest BCUT2D eigenvalue weighted by molar-refractivity contribution is 0.100. The molecule has 2 aromatic carbocycles. The van der Waals surface area contributed by atoms with E-state index in [-0.39, 0.29) is 4.90 Å². The third-order valence-corrected chi connectivity index (χ3v) is 7.33. The molecule has 7 heteroatoms. The molecular weight excluding hydrogens is 390 g/mol. The van der Waals surface area contributed by atoms with E-state index < -0.39 is 10.0 Å². The summed E-state index contributed by atoms with van der Waals surface area (Å²) in [6, 6.07) is 14.4. The minimum atomic E-state index is -3.48. The molecule has 0 radical (unpaired) electrons. The first-order valence-electron chi connectivity index (χ1n) is 8.60. The van der Waals surface area contributed by atoms with E-state index in [2.05, 4.69) is 4.72 Å². The Kier molecular flexibility index (Phi) is 7.00. The lowest BCUT2D eigenvalue weighted by atomic mass is 10.1. The summed E-state index contributed by atoms with van der Waals surface area (Å²) in [5, 5.41) is 1.23. The molecule has 0 aliphatic carbocycles. The first-order chi connectivity index (χ1) is 12.5. The van der Waals surface area contributed by atoms with Gasteiger partial charge in [0.15, 0.2) is 0 Å². The van der Waals surface area contributed by atoms with Crippen LogP contribution >= 0.6 is 23.4 Å². The van der Waals surface area contributed by atoms with E-state index in [0.717, 1.165) is 42.9 Å². The van der Waals surface area contributed by atoms with E-state index in [4.69, 9.17) is 16.3 Å². The average Bonchev–Trinajstić information content (AvgIpc) is 2.66. The molecule has 0 atom stereocenters. The van der Waals surface area contributed by atoms with E-state index >= 15 is 0 Å². The number of rotatable bonds is 7. The molecule has 0 aromatic heterocycles. The summed E-state index contributed by atoms with van der Waals surface area (Å²) < 4.78 is 32.9. The van der Waals surface area contributed by atoms with Crippen LogP contribution in [0, 0.1) is 0 Å². The molecule has 1 aliphatic heterocycles. The monoisotopic (exact) mass is 411 g/mol. The molecule has 1 heterocycles. The van der Waals surface area contributed by atoms with Crippen molar-refractivity contribution in [2.45, 2.75) is 23.0 Å². The van der Waals surface area contributed by atoms with Crippen LogP contribution in [0.3, 0.4) is 0 Å². The van der Waals surface area contributed by atoms with E-state index in [9.17, 15) is 8.42 Å². The average molecular weight is 412 g/mol. The smallest absolute Gasteiger partial charge is 0.240 e. The van der Waals surface area contributed by atoms with Crippen molar-refractivity contribution in [1.82, 2.24) is 4.72 Å². The summed E-state index contributed by atoms with van der Waals surface area (Å²) in [6.07, 6.45) is 2.09. The summed E-state index contributed by atoms with van der Waals surface area (Å²) >= 11 is 7.83. The van der Waals surface area contributed by atoms with E-state index in [1.54, 1.807) is 24.3 Å². The number of sulfonamides is 1. The first kappa shape index (κ1) is 19.7. The van der Waals surface area contributed by atoms with Crippen molar-refractivity contribution in [2.24, 2.45) is 0 Å². The Morgan fingerprint density at radius 1 is 1.08 bits per heavy atom. The van der Waals surface area contributed by atoms with Gasteiger partial charge in [-0.15, -0.1) is 0 Å². The Bertz CT molecular complexity index is 819. The van der Waals surface area contributed by atoms with Crippen LogP contribution < -0.4 is 4.72 Å². The van der Waals surface area contributed by atoms with Gasteiger partial charge in [-0.2, -0.15) is 11.8 Å². The minimum absolute atomic E-state index is 0.277. The molecule has 2 aromatic rings. The van der Waals surface area contributed by atoms with Gasteiger partial charge in [-0.3, -0.25) is 0 Å². The second-order valence-corrected chi connectivity index (χ2v) is 9.73. The number of ether oxygens (including phenoxy) is 1. The Balaban J connectivity index is 1.55. The van der Waals surface area contributed by atoms with Crippen LogP contribution in [0.2, 0.25) is 5.02 Å². The maximum atomic E-state index is 12.4. The second-order valence-electron chi connectivity index (χ2n) is 6.12. The lowest BCUT2D eigenvalue weighted by Gasteiger charge is -2.21. The fraction of sp³-hybridized carbons (Fsp3) is 0.368. The minimum Gasteiger partial charge on any atom is -0.381 e. The molecule has 1 fully saturated rings. The standard InChI is InChI=1S/C19H22ClNO3S2/c20-17-3-1-2-16(14-17)15-4-6-19(7-5-15)26(22,23)21-10-13-25-18-8-11-24-12-9-18/h1-7,14,18,21H,8-13H2. The zero-order chi connectivity index (χ0) is 18.4. The maximum Gasteiger partial charge on any atom is 0.240 e. The third kappa shape index (κ3) is 5.47. The van der Waals surface area contributed by atoms with Crippen LogP contribution in [-0.4, -0.2) is 39.2 Å². The molecule has 26 heavy (non-hydrogen) atoms. The Labute approximate surface area is 164 Å². The summed E-state index contributed by atoms with van der Waals surface area (Å²) in [4.78, 5) is 0.277. The molecule has 3 rings (SSSR count). The Hall–Kier alpha value is -1.05. The molecule has 140 valence electrons. The highest BCUT2D eigenvalue weighted by molar-refractivity contribution is 8.00. The van der Waals surface area contributed by atoms with Gasteiger partial charge in [-0.1, -0.05) is 35.9 Å². The Morgan fingerprint density at radius 2 is 1.81 bits per heavy atom. The van der Waals surface area contributed by atoms with Gasteiger partial charge in [0.1, 0.15) is 0 Å². The van der Waals surface area contributed by atoms with Crippen molar-refractivity contribution in [3.63, 3.8) is 0 Å². The van der Waals surface area contributed by atoms with Crippen molar-refractivity contribution in [3.8, 4) is 11.1 Å². The van der Waals surface area contributed by atoms with Gasteiger partial charge >= 0.3 is 0 Å². The predicted octanol–water partition coefficient (Wildman–Crippen LogP) is 4.20. The largest absolute Gasteiger partial charge is 0.381 e. The molecule has 1 N–H and O–H groups in total. The highest BCUT2D eigenvalue weighted by Crippen LogP contribution is 2.24. The van der Waals surface area contributed by atoms with Gasteiger partial charge in [0.05, 0.1) is 4.90 Å². The van der Waals surface area contributed by atoms with Gasteiger partial charge in [0, 0.05) is 35.8 Å². The van der Waals surface area contributed by atoms with Crippen LogP contribution in [0.15, 0.2) is 53.4 Å². The van der Waals surface area contributed by atoms with Gasteiger partial charge in [-0.25, -0.2) is 13.1 Å². The van der Waals surface area contributed by atoms with Crippen LogP contribution in [0.5, 0.6) is 0 Å². The van der Waals surface area contributed by atoms with E-state index in [1.807, 2.05) is 36.0 Å². The molecule has 1 aliphatic rings. The number of thioether (sulfide) groups is 1. The third-order valence-electron chi connectivity index (χ3n) is 4.24. The summed E-state index contributed by atoms with van der Waals surface area (Å²) in [6.45, 7) is 2.05. The van der Waals surface area contributed by atoms with E-state index in [1.165, 1.54) is 0 Å². The van der Waals surface area contributed by atoms with Gasteiger partial charge in [0.25, 0.3) is 0 Å². The Morgan fingerprint density at radius 3 is 2.50 bits per heavy atom. The number of halogens is 1. The summed E-state index contributed by atoms with van der Waals surface area (Å²) in [5.41, 5.74) is 1.89. The van der Waals surface area contributed by atoms with Crippen molar-refractivity contribution in [2.75, 3.05) is 25.5 Å². The van der Waals surface area contributed by atoms with Crippen molar-refractivity contribution in [3.05, 3.63) is 53.6 Å². The normalized spacial score (nSPS) is 15.9. The predicted molar refractivity (Wildman–Crippen MR) is 108 cm³/mol. The molecule has 0 spiro atoms. The second kappa shape index (κ2) is 9.24. The first-order valence-corrected chi connectivity index (χ1v) is 11.5. The quantitative estimate of drug-likeness (QED) is 0.694. The number of nitrogens with one attached hydrogen (secondary N) is 1. The molecule has 1 saturated heterocycles. The van der Waals surface area contributed by atoms with Gasteiger partial charge < -0.3 is 4.74 Å².